The zero-order valence-corrected chi connectivity index (χ0v) is 9.00. The second-order valence-corrected chi connectivity index (χ2v) is 4.24. The van der Waals surface area contributed by atoms with Gasteiger partial charge in [-0.25, -0.2) is 0 Å². The maximum atomic E-state index is 10.2. The Morgan fingerprint density at radius 1 is 1.71 bits per heavy atom. The predicted octanol–water partition coefficient (Wildman–Crippen LogP) is 2.12. The van der Waals surface area contributed by atoms with Gasteiger partial charge in [-0.1, -0.05) is 19.0 Å². The van der Waals surface area contributed by atoms with E-state index in [0.29, 0.717) is 11.7 Å². The molecule has 5 heteroatoms. The van der Waals surface area contributed by atoms with E-state index in [4.69, 9.17) is 9.63 Å². The minimum Gasteiger partial charge on any atom is -0.481 e. The molecule has 0 radical (unpaired) electrons. The second kappa shape index (κ2) is 5.05. The fourth-order valence-corrected chi connectivity index (χ4v) is 1.52. The molecular formula is C9H13NO3S. The fraction of sp³-hybridized carbons (Fsp3) is 0.556. The summed E-state index contributed by atoms with van der Waals surface area (Å²) in [6, 6.07) is 1.87. The van der Waals surface area contributed by atoms with E-state index in [1.165, 1.54) is 11.8 Å². The Morgan fingerprint density at radius 2 is 2.43 bits per heavy atom. The van der Waals surface area contributed by atoms with Crippen LogP contribution in [0, 0.1) is 0 Å². The van der Waals surface area contributed by atoms with Crippen molar-refractivity contribution in [1.82, 2.24) is 5.16 Å². The van der Waals surface area contributed by atoms with Gasteiger partial charge in [0.05, 0.1) is 17.2 Å². The van der Waals surface area contributed by atoms with Crippen molar-refractivity contribution < 1.29 is 14.4 Å². The largest absolute Gasteiger partial charge is 0.481 e. The standard InChI is InChI=1S/C9H13NO3S/c1-6(2)8-3-7(13-10-8)4-14-5-9(11)12/h3,6H,4-5H2,1-2H3,(H,11,12). The Hall–Kier alpha value is -0.970. The summed E-state index contributed by atoms with van der Waals surface area (Å²) >= 11 is 1.31. The molecule has 78 valence electrons. The van der Waals surface area contributed by atoms with Crippen LogP contribution in [0.15, 0.2) is 10.6 Å². The first-order chi connectivity index (χ1) is 6.59. The van der Waals surface area contributed by atoms with Crippen LogP contribution in [0.25, 0.3) is 0 Å². The van der Waals surface area contributed by atoms with E-state index >= 15 is 0 Å². The molecule has 1 heterocycles. The lowest BCUT2D eigenvalue weighted by Gasteiger charge is -1.93. The van der Waals surface area contributed by atoms with E-state index in [1.807, 2.05) is 19.9 Å². The monoisotopic (exact) mass is 215 g/mol. The maximum Gasteiger partial charge on any atom is 0.313 e. The normalized spacial score (nSPS) is 10.8. The minimum atomic E-state index is -0.807. The topological polar surface area (TPSA) is 63.3 Å². The highest BCUT2D eigenvalue weighted by Gasteiger charge is 2.07. The molecule has 0 aromatic carbocycles. The van der Waals surface area contributed by atoms with Crippen LogP contribution in [-0.2, 0) is 10.5 Å². The van der Waals surface area contributed by atoms with Crippen molar-refractivity contribution in [3.05, 3.63) is 17.5 Å². The first-order valence-corrected chi connectivity index (χ1v) is 5.50. The van der Waals surface area contributed by atoms with Gasteiger partial charge in [-0.3, -0.25) is 4.79 Å². The van der Waals surface area contributed by atoms with Crippen molar-refractivity contribution in [3.63, 3.8) is 0 Å². The van der Waals surface area contributed by atoms with Crippen LogP contribution in [0.2, 0.25) is 0 Å². The molecule has 1 rings (SSSR count). The number of hydrogen-bond donors (Lipinski definition) is 1. The number of nitrogens with zero attached hydrogens (tertiary/aromatic N) is 1. The molecule has 0 unspecified atom stereocenters. The average molecular weight is 215 g/mol. The van der Waals surface area contributed by atoms with Gasteiger partial charge in [0.25, 0.3) is 0 Å². The zero-order chi connectivity index (χ0) is 10.6. The van der Waals surface area contributed by atoms with Gasteiger partial charge >= 0.3 is 5.97 Å². The zero-order valence-electron chi connectivity index (χ0n) is 8.19. The third-order valence-electron chi connectivity index (χ3n) is 1.64. The molecular weight excluding hydrogens is 202 g/mol. The van der Waals surface area contributed by atoms with Crippen LogP contribution >= 0.6 is 11.8 Å². The number of aromatic nitrogens is 1. The lowest BCUT2D eigenvalue weighted by atomic mass is 10.1. The minimum absolute atomic E-state index is 0.0950. The van der Waals surface area contributed by atoms with Gasteiger partial charge in [0.2, 0.25) is 0 Å². The van der Waals surface area contributed by atoms with Crippen molar-refractivity contribution >= 4 is 17.7 Å². The van der Waals surface area contributed by atoms with E-state index in [0.717, 1.165) is 11.5 Å². The Kier molecular flexibility index (Phi) is 4.00. The quantitative estimate of drug-likeness (QED) is 0.815. The Balaban J connectivity index is 2.40. The van der Waals surface area contributed by atoms with Gasteiger partial charge in [-0.15, -0.1) is 11.8 Å². The number of carboxylic acid groups (broad SMARTS) is 1. The number of rotatable bonds is 5. The van der Waals surface area contributed by atoms with Crippen molar-refractivity contribution in [2.24, 2.45) is 0 Å². The smallest absolute Gasteiger partial charge is 0.313 e. The molecule has 1 aromatic rings. The molecule has 0 atom stereocenters. The number of carbonyl (C=O) groups is 1. The van der Waals surface area contributed by atoms with Crippen LogP contribution in [0.1, 0.15) is 31.2 Å². The van der Waals surface area contributed by atoms with Crippen LogP contribution in [-0.4, -0.2) is 22.0 Å². The summed E-state index contributed by atoms with van der Waals surface area (Å²) in [7, 11) is 0. The van der Waals surface area contributed by atoms with Crippen molar-refractivity contribution in [2.75, 3.05) is 5.75 Å². The highest BCUT2D eigenvalue weighted by molar-refractivity contribution is 7.99. The summed E-state index contributed by atoms with van der Waals surface area (Å²) in [6.07, 6.45) is 0. The van der Waals surface area contributed by atoms with Gasteiger partial charge in [0.1, 0.15) is 5.76 Å². The Bertz CT molecular complexity index is 309. The molecule has 14 heavy (non-hydrogen) atoms. The number of carboxylic acids is 1. The molecule has 0 aliphatic carbocycles. The molecule has 0 bridgehead atoms. The van der Waals surface area contributed by atoms with E-state index in [1.54, 1.807) is 0 Å². The summed E-state index contributed by atoms with van der Waals surface area (Å²) < 4.78 is 5.04. The molecule has 0 saturated heterocycles. The Morgan fingerprint density at radius 3 is 2.93 bits per heavy atom. The van der Waals surface area contributed by atoms with Crippen molar-refractivity contribution in [2.45, 2.75) is 25.5 Å². The number of aliphatic carboxylic acids is 1. The third-order valence-corrected chi connectivity index (χ3v) is 2.58. The van der Waals surface area contributed by atoms with Crippen LogP contribution in [0.5, 0.6) is 0 Å². The fourth-order valence-electron chi connectivity index (χ4n) is 0.908. The second-order valence-electron chi connectivity index (χ2n) is 3.26. The molecule has 0 aliphatic rings. The van der Waals surface area contributed by atoms with Crippen molar-refractivity contribution in [3.8, 4) is 0 Å². The first kappa shape index (κ1) is 11.1. The highest BCUT2D eigenvalue weighted by Crippen LogP contribution is 2.17. The SMILES string of the molecule is CC(C)c1cc(CSCC(=O)O)on1. The molecule has 1 aromatic heterocycles. The predicted molar refractivity (Wildman–Crippen MR) is 54.4 cm³/mol. The lowest BCUT2D eigenvalue weighted by molar-refractivity contribution is -0.133. The van der Waals surface area contributed by atoms with Gasteiger partial charge < -0.3 is 9.63 Å². The van der Waals surface area contributed by atoms with Gasteiger partial charge in [0.15, 0.2) is 0 Å². The number of hydrogen-bond acceptors (Lipinski definition) is 4. The molecule has 0 spiro atoms. The summed E-state index contributed by atoms with van der Waals surface area (Å²) in [4.78, 5) is 10.2. The summed E-state index contributed by atoms with van der Waals surface area (Å²) in [5.74, 6) is 0.930. The van der Waals surface area contributed by atoms with Crippen LogP contribution in [0.3, 0.4) is 0 Å². The summed E-state index contributed by atoms with van der Waals surface area (Å²) in [5.41, 5.74) is 0.913. The van der Waals surface area contributed by atoms with Crippen LogP contribution in [0.4, 0.5) is 0 Å². The van der Waals surface area contributed by atoms with E-state index in [9.17, 15) is 4.79 Å². The average Bonchev–Trinajstić information content (AvgIpc) is 2.52. The molecule has 0 fully saturated rings. The van der Waals surface area contributed by atoms with E-state index in [2.05, 4.69) is 5.16 Å². The van der Waals surface area contributed by atoms with Crippen molar-refractivity contribution in [1.29, 1.82) is 0 Å². The van der Waals surface area contributed by atoms with Crippen LogP contribution < -0.4 is 0 Å². The molecule has 0 amide bonds. The molecule has 1 N–H and O–H groups in total. The number of thioether (sulfide) groups is 1. The summed E-state index contributed by atoms with van der Waals surface area (Å²) in [5, 5.41) is 12.3. The van der Waals surface area contributed by atoms with Gasteiger partial charge in [-0.05, 0) is 5.92 Å². The lowest BCUT2D eigenvalue weighted by Crippen LogP contribution is -1.97. The van der Waals surface area contributed by atoms with E-state index in [-0.39, 0.29) is 5.75 Å². The van der Waals surface area contributed by atoms with Gasteiger partial charge in [0, 0.05) is 6.07 Å². The molecule has 0 saturated carbocycles. The maximum absolute atomic E-state index is 10.2. The highest BCUT2D eigenvalue weighted by atomic mass is 32.2. The van der Waals surface area contributed by atoms with Gasteiger partial charge in [-0.2, -0.15) is 0 Å². The van der Waals surface area contributed by atoms with E-state index < -0.39 is 5.97 Å². The third kappa shape index (κ3) is 3.41. The molecule has 4 nitrogen and oxygen atoms in total. The molecule has 0 aliphatic heterocycles. The first-order valence-electron chi connectivity index (χ1n) is 4.34. The Labute approximate surface area is 86.7 Å². The summed E-state index contributed by atoms with van der Waals surface area (Å²) in [6.45, 7) is 4.07.